The molecule has 5 heteroatoms. The van der Waals surface area contributed by atoms with Gasteiger partial charge in [-0.1, -0.05) is 57.5 Å². The van der Waals surface area contributed by atoms with Crippen LogP contribution in [0.2, 0.25) is 0 Å². The molecule has 5 unspecified atom stereocenters. The van der Waals surface area contributed by atoms with E-state index in [1.54, 1.807) is 0 Å². The average Bonchev–Trinajstić information content (AvgIpc) is 2.73. The summed E-state index contributed by atoms with van der Waals surface area (Å²) in [6.45, 7) is 6.65. The Morgan fingerprint density at radius 2 is 1.67 bits per heavy atom. The zero-order valence-electron chi connectivity index (χ0n) is 18.9. The lowest BCUT2D eigenvalue weighted by Crippen LogP contribution is -2.35. The number of aliphatic hydroxyl groups excluding tert-OH is 1. The van der Waals surface area contributed by atoms with E-state index in [4.69, 9.17) is 4.52 Å². The third-order valence-corrected chi connectivity index (χ3v) is 8.94. The molecule has 4 nitrogen and oxygen atoms in total. The maximum Gasteiger partial charge on any atom is 0.264 e. The van der Waals surface area contributed by atoms with E-state index < -0.39 is 13.2 Å². The molecule has 1 aliphatic rings. The quantitative estimate of drug-likeness (QED) is 0.563. The largest absolute Gasteiger partial charge is 0.378 e. The van der Waals surface area contributed by atoms with Gasteiger partial charge in [-0.25, -0.2) is 0 Å². The van der Waals surface area contributed by atoms with E-state index in [1.165, 1.54) is 6.42 Å². The predicted octanol–water partition coefficient (Wildman–Crippen LogP) is 5.82. The van der Waals surface area contributed by atoms with Gasteiger partial charge in [0.25, 0.3) is 7.37 Å². The maximum atomic E-state index is 14.5. The fourth-order valence-electron chi connectivity index (χ4n) is 4.48. The highest BCUT2D eigenvalue weighted by atomic mass is 31.2. The molecule has 1 fully saturated rings. The van der Waals surface area contributed by atoms with Crippen LogP contribution < -0.4 is 10.2 Å². The molecule has 0 spiro atoms. The van der Waals surface area contributed by atoms with Gasteiger partial charge in [0.1, 0.15) is 0 Å². The Morgan fingerprint density at radius 1 is 1.03 bits per heavy atom. The van der Waals surface area contributed by atoms with Crippen LogP contribution in [-0.4, -0.2) is 25.3 Å². The Labute approximate surface area is 181 Å². The first-order valence-electron chi connectivity index (χ1n) is 11.0. The van der Waals surface area contributed by atoms with Crippen LogP contribution in [0.4, 0.5) is 5.69 Å². The van der Waals surface area contributed by atoms with Crippen molar-refractivity contribution >= 4 is 18.4 Å². The zero-order chi connectivity index (χ0) is 21.9. The van der Waals surface area contributed by atoms with Crippen LogP contribution in [0.15, 0.2) is 54.6 Å². The Kier molecular flexibility index (Phi) is 7.44. The number of benzene rings is 2. The summed E-state index contributed by atoms with van der Waals surface area (Å²) in [5.41, 5.74) is 1.65. The van der Waals surface area contributed by atoms with Crippen LogP contribution in [0.3, 0.4) is 0 Å². The number of anilines is 1. The first kappa shape index (κ1) is 23.1. The second-order valence-electron chi connectivity index (χ2n) is 9.26. The minimum atomic E-state index is -3.57. The van der Waals surface area contributed by atoms with E-state index in [0.717, 1.165) is 18.5 Å². The van der Waals surface area contributed by atoms with E-state index in [9.17, 15) is 9.67 Å². The molecule has 1 N–H and O–H groups in total. The fourth-order valence-corrected chi connectivity index (χ4v) is 6.77. The van der Waals surface area contributed by atoms with E-state index in [0.29, 0.717) is 28.6 Å². The number of hydrogen-bond acceptors (Lipinski definition) is 4. The molecule has 0 aromatic heterocycles. The van der Waals surface area contributed by atoms with E-state index in [1.807, 2.05) is 73.6 Å². The molecule has 2 aromatic carbocycles. The SMILES string of the molecule is CC1CCC(C(C)C)C(OP(=O)(c2ccc(N(C)C)cc2)C(O)c2ccccc2)C1. The standard InChI is InChI=1S/C25H36NO3P/c1-18(2)23-16-11-19(3)17-24(23)29-30(28,25(27)20-9-7-6-8-10-20)22-14-12-21(13-15-22)26(4)5/h6-10,12-15,18-19,23-25,27H,11,16-17H2,1-5H3. The molecule has 2 aromatic rings. The van der Waals surface area contributed by atoms with Crippen molar-refractivity contribution in [2.45, 2.75) is 52.0 Å². The zero-order valence-corrected chi connectivity index (χ0v) is 19.8. The molecule has 0 amide bonds. The van der Waals surface area contributed by atoms with Gasteiger partial charge >= 0.3 is 0 Å². The van der Waals surface area contributed by atoms with Crippen molar-refractivity contribution < 1.29 is 14.2 Å². The second kappa shape index (κ2) is 9.68. The van der Waals surface area contributed by atoms with Crippen molar-refractivity contribution in [1.29, 1.82) is 0 Å². The molecule has 164 valence electrons. The van der Waals surface area contributed by atoms with Crippen molar-refractivity contribution in [3.63, 3.8) is 0 Å². The molecular weight excluding hydrogens is 393 g/mol. The van der Waals surface area contributed by atoms with Gasteiger partial charge in [-0.3, -0.25) is 4.57 Å². The Balaban J connectivity index is 2.01. The molecule has 30 heavy (non-hydrogen) atoms. The molecular formula is C25H36NO3P. The van der Waals surface area contributed by atoms with Crippen molar-refractivity contribution in [3.8, 4) is 0 Å². The number of hydrogen-bond donors (Lipinski definition) is 1. The Morgan fingerprint density at radius 3 is 2.23 bits per heavy atom. The van der Waals surface area contributed by atoms with Gasteiger partial charge < -0.3 is 14.5 Å². The highest BCUT2D eigenvalue weighted by Gasteiger charge is 2.42. The van der Waals surface area contributed by atoms with Crippen molar-refractivity contribution in [2.24, 2.45) is 17.8 Å². The summed E-state index contributed by atoms with van der Waals surface area (Å²) in [4.78, 5) is 2.00. The maximum absolute atomic E-state index is 14.5. The Hall–Kier alpha value is -1.61. The topological polar surface area (TPSA) is 49.8 Å². The summed E-state index contributed by atoms with van der Waals surface area (Å²) in [5.74, 6) is 0.136. The molecule has 0 aliphatic heterocycles. The highest BCUT2D eigenvalue weighted by molar-refractivity contribution is 7.67. The molecule has 1 aliphatic carbocycles. The summed E-state index contributed by atoms with van der Waals surface area (Å²) in [6.07, 6.45) is 3.01. The number of aliphatic hydroxyl groups is 1. The lowest BCUT2D eigenvalue weighted by atomic mass is 9.75. The monoisotopic (exact) mass is 429 g/mol. The normalized spacial score (nSPS) is 25.0. The van der Waals surface area contributed by atoms with Crippen molar-refractivity contribution in [1.82, 2.24) is 0 Å². The van der Waals surface area contributed by atoms with Crippen LogP contribution >= 0.6 is 7.37 Å². The van der Waals surface area contributed by atoms with Crippen molar-refractivity contribution in [2.75, 3.05) is 19.0 Å². The van der Waals surface area contributed by atoms with Gasteiger partial charge in [0.2, 0.25) is 0 Å². The van der Waals surface area contributed by atoms with Gasteiger partial charge in [0.15, 0.2) is 5.85 Å². The molecule has 0 bridgehead atoms. The van der Waals surface area contributed by atoms with Crippen LogP contribution in [0.5, 0.6) is 0 Å². The van der Waals surface area contributed by atoms with Gasteiger partial charge in [-0.2, -0.15) is 0 Å². The van der Waals surface area contributed by atoms with E-state index >= 15 is 0 Å². The third kappa shape index (κ3) is 4.99. The predicted molar refractivity (Wildman–Crippen MR) is 126 cm³/mol. The van der Waals surface area contributed by atoms with E-state index in [2.05, 4.69) is 20.8 Å². The van der Waals surface area contributed by atoms with Gasteiger partial charge in [0, 0.05) is 25.1 Å². The second-order valence-corrected chi connectivity index (χ2v) is 11.7. The molecule has 3 rings (SSSR count). The van der Waals surface area contributed by atoms with Gasteiger partial charge in [0.05, 0.1) is 6.10 Å². The van der Waals surface area contributed by atoms with Crippen LogP contribution in [0.1, 0.15) is 51.4 Å². The van der Waals surface area contributed by atoms with Crippen LogP contribution in [-0.2, 0) is 9.09 Å². The first-order chi connectivity index (χ1) is 14.2. The lowest BCUT2D eigenvalue weighted by molar-refractivity contribution is 0.0427. The van der Waals surface area contributed by atoms with Crippen LogP contribution in [0.25, 0.3) is 0 Å². The summed E-state index contributed by atoms with van der Waals surface area (Å²) in [7, 11) is 0.376. The lowest BCUT2D eigenvalue weighted by Gasteiger charge is -2.40. The minimum Gasteiger partial charge on any atom is -0.378 e. The summed E-state index contributed by atoms with van der Waals surface area (Å²) in [5, 5.41) is 11.9. The molecule has 0 saturated heterocycles. The summed E-state index contributed by atoms with van der Waals surface area (Å²) in [6, 6.07) is 16.8. The fraction of sp³-hybridized carbons (Fsp3) is 0.520. The van der Waals surface area contributed by atoms with Crippen LogP contribution in [0, 0.1) is 17.8 Å². The molecule has 5 atom stereocenters. The minimum absolute atomic E-state index is 0.119. The molecule has 1 saturated carbocycles. The highest BCUT2D eigenvalue weighted by Crippen LogP contribution is 2.60. The Bertz CT molecular complexity index is 850. The average molecular weight is 430 g/mol. The summed E-state index contributed by atoms with van der Waals surface area (Å²) < 4.78 is 21.0. The molecule has 0 radical (unpaired) electrons. The number of rotatable bonds is 7. The number of nitrogens with zero attached hydrogens (tertiary/aromatic N) is 1. The van der Waals surface area contributed by atoms with Gasteiger partial charge in [-0.15, -0.1) is 0 Å². The van der Waals surface area contributed by atoms with Crippen molar-refractivity contribution in [3.05, 3.63) is 60.2 Å². The molecule has 0 heterocycles. The summed E-state index contributed by atoms with van der Waals surface area (Å²) >= 11 is 0. The third-order valence-electron chi connectivity index (χ3n) is 6.40. The smallest absolute Gasteiger partial charge is 0.264 e. The van der Waals surface area contributed by atoms with E-state index in [-0.39, 0.29) is 6.10 Å². The van der Waals surface area contributed by atoms with Gasteiger partial charge in [-0.05, 0) is 60.4 Å². The first-order valence-corrected chi connectivity index (χ1v) is 12.7.